The van der Waals surface area contributed by atoms with E-state index in [4.69, 9.17) is 12.6 Å². The highest BCUT2D eigenvalue weighted by molar-refractivity contribution is 7.81. The Bertz CT molecular complexity index is 2120. The van der Waals surface area contributed by atoms with Crippen molar-refractivity contribution in [3.05, 3.63) is 104 Å². The maximum absolute atomic E-state index is 4.88. The van der Waals surface area contributed by atoms with Crippen LogP contribution in [0.5, 0.6) is 0 Å². The molecule has 7 fully saturated rings. The lowest BCUT2D eigenvalue weighted by atomic mass is 9.61. The van der Waals surface area contributed by atoms with Crippen molar-refractivity contribution in [2.24, 2.45) is 81.3 Å². The van der Waals surface area contributed by atoms with E-state index in [-0.39, 0.29) is 10.7 Å². The van der Waals surface area contributed by atoms with Gasteiger partial charge in [0.05, 0.1) is 0 Å². The van der Waals surface area contributed by atoms with Crippen molar-refractivity contribution in [2.75, 3.05) is 0 Å². The second kappa shape index (κ2) is 24.5. The molecule has 7 aliphatic rings. The SMILES string of the molecule is C=CC(S)CCC(=C(C)C)C(C)(CC=C(C)CC)C(C)=C(C)C(C)C(CC(C)CC1CCC2C3C(C)CC1C31C2C1(CC)CCC(C)C(CCC1CCC1)C(C=C=CC=C=C(C)C)=C(C)C)=C1CCC1. The summed E-state index contributed by atoms with van der Waals surface area (Å²) in [5, 5.41) is 0.231. The molecule has 7 saturated carbocycles. The molecule has 7 rings (SSSR count). The first kappa shape index (κ1) is 57.1. The lowest BCUT2D eigenvalue weighted by molar-refractivity contribution is 0.0383. The molecule has 390 valence electrons. The largest absolute Gasteiger partial charge is 0.172 e. The normalized spacial score (nSPS) is 30.9. The first-order chi connectivity index (χ1) is 33.2. The molecule has 0 amide bonds. The van der Waals surface area contributed by atoms with E-state index in [1.807, 2.05) is 23.3 Å². The summed E-state index contributed by atoms with van der Waals surface area (Å²) in [5.74, 6) is 9.27. The monoisotopic (exact) mass is 969 g/mol. The zero-order chi connectivity index (χ0) is 51.3. The lowest BCUT2D eigenvalue weighted by Crippen LogP contribution is -2.39. The molecule has 0 N–H and O–H groups in total. The van der Waals surface area contributed by atoms with Gasteiger partial charge in [0.25, 0.3) is 0 Å². The van der Waals surface area contributed by atoms with Gasteiger partial charge in [-0.2, -0.15) is 12.6 Å². The molecule has 0 saturated heterocycles. The molecule has 0 radical (unpaired) electrons. The number of thiol groups is 1. The number of rotatable bonds is 26. The lowest BCUT2D eigenvalue weighted by Gasteiger charge is -2.43. The van der Waals surface area contributed by atoms with E-state index in [0.29, 0.717) is 28.6 Å². The average Bonchev–Trinajstić information content (AvgIpc) is 3.77. The Morgan fingerprint density at radius 2 is 1.61 bits per heavy atom. The fraction of sp³-hybridized carbons (Fsp3) is 0.739. The van der Waals surface area contributed by atoms with Crippen LogP contribution in [0.3, 0.4) is 0 Å². The van der Waals surface area contributed by atoms with Gasteiger partial charge in [-0.3, -0.25) is 0 Å². The molecule has 14 atom stereocenters. The van der Waals surface area contributed by atoms with Crippen molar-refractivity contribution < 1.29 is 0 Å². The van der Waals surface area contributed by atoms with Crippen LogP contribution in [0.1, 0.15) is 239 Å². The minimum absolute atomic E-state index is 0.00782. The topological polar surface area (TPSA) is 0 Å². The Hall–Kier alpha value is -2.17. The van der Waals surface area contributed by atoms with E-state index in [1.165, 1.54) is 125 Å². The van der Waals surface area contributed by atoms with Gasteiger partial charge in [-0.1, -0.05) is 124 Å². The summed E-state index contributed by atoms with van der Waals surface area (Å²) in [4.78, 5) is 0. The highest BCUT2D eigenvalue weighted by Gasteiger charge is 2.92. The summed E-state index contributed by atoms with van der Waals surface area (Å²) in [7, 11) is 0. The number of allylic oxidation sites excluding steroid dienone is 12. The van der Waals surface area contributed by atoms with Crippen LogP contribution in [0.4, 0.5) is 0 Å². The van der Waals surface area contributed by atoms with Gasteiger partial charge in [-0.25, -0.2) is 0 Å². The first-order valence-electron chi connectivity index (χ1n) is 29.7. The number of hydrogen-bond acceptors (Lipinski definition) is 1. The maximum Gasteiger partial charge on any atom is 0.0197 e. The zero-order valence-electron chi connectivity index (χ0n) is 48.6. The van der Waals surface area contributed by atoms with E-state index in [2.05, 4.69) is 147 Å². The molecule has 0 heterocycles. The predicted octanol–water partition coefficient (Wildman–Crippen LogP) is 21.3. The third-order valence-electron chi connectivity index (χ3n) is 21.8. The maximum atomic E-state index is 4.88. The van der Waals surface area contributed by atoms with E-state index in [0.717, 1.165) is 73.0 Å². The molecule has 0 aromatic heterocycles. The van der Waals surface area contributed by atoms with Gasteiger partial charge < -0.3 is 0 Å². The number of hydrogen-bond donors (Lipinski definition) is 1. The molecule has 4 bridgehead atoms. The van der Waals surface area contributed by atoms with Gasteiger partial charge in [0.15, 0.2) is 0 Å². The second-order valence-corrected chi connectivity index (χ2v) is 27.0. The third kappa shape index (κ3) is 11.5. The Morgan fingerprint density at radius 3 is 2.19 bits per heavy atom. The van der Waals surface area contributed by atoms with Crippen LogP contribution in [-0.2, 0) is 0 Å². The molecule has 0 aromatic rings. The molecular formula is C69H108S. The van der Waals surface area contributed by atoms with Crippen molar-refractivity contribution in [1.82, 2.24) is 0 Å². The van der Waals surface area contributed by atoms with E-state index < -0.39 is 0 Å². The molecule has 14 unspecified atom stereocenters. The van der Waals surface area contributed by atoms with Crippen LogP contribution >= 0.6 is 12.6 Å². The third-order valence-corrected chi connectivity index (χ3v) is 22.3. The second-order valence-electron chi connectivity index (χ2n) is 26.3. The van der Waals surface area contributed by atoms with Crippen LogP contribution in [0.2, 0.25) is 0 Å². The molecule has 1 heteroatoms. The fourth-order valence-corrected chi connectivity index (χ4v) is 17.4. The fourth-order valence-electron chi connectivity index (χ4n) is 17.3. The van der Waals surface area contributed by atoms with Crippen LogP contribution in [0, 0.1) is 81.3 Å². The molecule has 0 aliphatic heterocycles. The summed E-state index contributed by atoms with van der Waals surface area (Å²) >= 11 is 4.88. The number of fused-ring (bicyclic) bond motifs is 2. The van der Waals surface area contributed by atoms with E-state index in [9.17, 15) is 0 Å². The predicted molar refractivity (Wildman–Crippen MR) is 312 cm³/mol. The van der Waals surface area contributed by atoms with Crippen LogP contribution < -0.4 is 0 Å². The highest BCUT2D eigenvalue weighted by atomic mass is 32.1. The van der Waals surface area contributed by atoms with E-state index >= 15 is 0 Å². The van der Waals surface area contributed by atoms with Crippen molar-refractivity contribution in [1.29, 1.82) is 0 Å². The van der Waals surface area contributed by atoms with Crippen molar-refractivity contribution >= 4 is 12.6 Å². The molecule has 0 aromatic carbocycles. The Labute approximate surface area is 440 Å². The molecular weight excluding hydrogens is 861 g/mol. The quantitative estimate of drug-likeness (QED) is 0.0380. The van der Waals surface area contributed by atoms with Crippen molar-refractivity contribution in [2.45, 2.75) is 244 Å². The Balaban J connectivity index is 1.22. The summed E-state index contributed by atoms with van der Waals surface area (Å²) in [6, 6.07) is 0. The minimum atomic E-state index is -0.00782. The molecule has 70 heavy (non-hydrogen) atoms. The summed E-state index contributed by atoms with van der Waals surface area (Å²) in [6.45, 7) is 43.3. The van der Waals surface area contributed by atoms with Gasteiger partial charge in [-0.05, 0) is 277 Å². The summed E-state index contributed by atoms with van der Waals surface area (Å²) in [5.41, 5.74) is 23.9. The van der Waals surface area contributed by atoms with Gasteiger partial charge in [0.1, 0.15) is 0 Å². The standard InChI is InChI=1S/C69H108S/c1-18-48(10)38-40-67(17,63(47(8)9)37-34-58(70)19-2)54(16)52(14)53(15)62(56-29-25-30-56)43-49(11)42-57-33-36-61-65-51(13)44-64(57)69(65)66(61)68(69,20-3)41-39-50(12)60(35-32-55-27-24-28-55)59(46(6)7)31-23-21-22-26-45(4)5/h19,21-22,31,38,49-51,53,55,57-58,60-61,64-66,70H,2,18,20,24-25,27-30,32-37,39-44H2,1,3-17H3. The Morgan fingerprint density at radius 1 is 0.900 bits per heavy atom. The summed E-state index contributed by atoms with van der Waals surface area (Å²) < 4.78 is 0. The van der Waals surface area contributed by atoms with Gasteiger partial charge >= 0.3 is 0 Å². The molecule has 7 aliphatic carbocycles. The van der Waals surface area contributed by atoms with Crippen molar-refractivity contribution in [3.8, 4) is 0 Å². The van der Waals surface area contributed by atoms with Crippen LogP contribution in [0.25, 0.3) is 0 Å². The van der Waals surface area contributed by atoms with Gasteiger partial charge in [0, 0.05) is 10.7 Å². The minimum Gasteiger partial charge on any atom is -0.172 e. The van der Waals surface area contributed by atoms with Gasteiger partial charge in [-0.15, -0.1) is 18.0 Å². The average molecular weight is 970 g/mol. The first-order valence-corrected chi connectivity index (χ1v) is 30.2. The van der Waals surface area contributed by atoms with Crippen LogP contribution in [-0.4, -0.2) is 5.25 Å². The van der Waals surface area contributed by atoms with Gasteiger partial charge in [0.2, 0.25) is 0 Å². The summed E-state index contributed by atoms with van der Waals surface area (Å²) in [6.07, 6.45) is 38.0. The molecule has 0 nitrogen and oxygen atoms in total. The van der Waals surface area contributed by atoms with Crippen LogP contribution in [0.15, 0.2) is 104 Å². The zero-order valence-corrected chi connectivity index (χ0v) is 49.5. The Kier molecular flexibility index (Phi) is 20.0. The van der Waals surface area contributed by atoms with E-state index in [1.54, 1.807) is 22.3 Å². The highest BCUT2D eigenvalue weighted by Crippen LogP contribution is 2.96. The smallest absolute Gasteiger partial charge is 0.0197 e. The molecule has 1 spiro atoms. The van der Waals surface area contributed by atoms with Crippen molar-refractivity contribution in [3.63, 3.8) is 0 Å².